The van der Waals surface area contributed by atoms with Crippen molar-refractivity contribution in [2.75, 3.05) is 26.3 Å². The molecule has 0 aliphatic carbocycles. The topological polar surface area (TPSA) is 86.0 Å². The van der Waals surface area contributed by atoms with Gasteiger partial charge >= 0.3 is 18.3 Å². The van der Waals surface area contributed by atoms with Crippen LogP contribution in [0.5, 0.6) is 0 Å². The zero-order valence-corrected chi connectivity index (χ0v) is 22.6. The fourth-order valence-corrected chi connectivity index (χ4v) is 5.47. The molecule has 2 aromatic carbocycles. The number of halogens is 6. The molecule has 2 aliphatic rings. The summed E-state index contributed by atoms with van der Waals surface area (Å²) < 4.78 is 91.7. The van der Waals surface area contributed by atoms with Crippen molar-refractivity contribution in [2.24, 2.45) is 4.99 Å². The van der Waals surface area contributed by atoms with E-state index in [1.54, 1.807) is 24.3 Å². The third-order valence-corrected chi connectivity index (χ3v) is 7.56. The highest BCUT2D eigenvalue weighted by Gasteiger charge is 2.38. The molecular weight excluding hydrogens is 590 g/mol. The zero-order valence-electron chi connectivity index (χ0n) is 21.8. The predicted molar refractivity (Wildman–Crippen MR) is 141 cm³/mol. The Bertz CT molecular complexity index is 1600. The molecule has 1 aromatic heterocycles. The van der Waals surface area contributed by atoms with Gasteiger partial charge in [-0.2, -0.15) is 36.4 Å². The van der Waals surface area contributed by atoms with Crippen LogP contribution in [-0.4, -0.2) is 64.1 Å². The largest absolute Gasteiger partial charge is 0.463 e. The van der Waals surface area contributed by atoms with E-state index in [0.717, 1.165) is 6.07 Å². The number of hydrogen-bond donors (Lipinski definition) is 0. The van der Waals surface area contributed by atoms with Crippen LogP contribution in [0.1, 0.15) is 29.2 Å². The summed E-state index contributed by atoms with van der Waals surface area (Å²) in [4.78, 5) is 30.1. The molecule has 0 bridgehead atoms. The Morgan fingerprint density at radius 3 is 2.64 bits per heavy atom. The van der Waals surface area contributed by atoms with Crippen molar-refractivity contribution >= 4 is 45.8 Å². The van der Waals surface area contributed by atoms with Crippen LogP contribution in [0.15, 0.2) is 52.5 Å². The maximum Gasteiger partial charge on any atom is 0.416 e. The van der Waals surface area contributed by atoms with Crippen molar-refractivity contribution in [3.8, 4) is 0 Å². The molecule has 0 N–H and O–H groups in total. The molecule has 222 valence electrons. The number of fused-ring (bicyclic) bond motifs is 1. The quantitative estimate of drug-likeness (QED) is 0.218. The first-order chi connectivity index (χ1) is 19.8. The molecule has 1 saturated heterocycles. The van der Waals surface area contributed by atoms with Crippen molar-refractivity contribution in [3.05, 3.63) is 69.8 Å². The first-order valence-electron chi connectivity index (χ1n) is 12.5. The van der Waals surface area contributed by atoms with Crippen molar-refractivity contribution in [1.82, 2.24) is 14.7 Å². The monoisotopic (exact) mass is 612 g/mol. The van der Waals surface area contributed by atoms with E-state index < -0.39 is 41.9 Å². The van der Waals surface area contributed by atoms with E-state index in [0.29, 0.717) is 52.3 Å². The Hall–Kier alpha value is -3.85. The number of carbonyl (C=O) groups excluding carboxylic acids is 2. The van der Waals surface area contributed by atoms with Gasteiger partial charge in [0.2, 0.25) is 0 Å². The summed E-state index contributed by atoms with van der Waals surface area (Å²) in [7, 11) is 0. The van der Waals surface area contributed by atoms with Gasteiger partial charge in [0.1, 0.15) is 12.7 Å². The Balaban J connectivity index is 1.32. The number of alkyl halides is 6. The Kier molecular flexibility index (Phi) is 8.07. The summed E-state index contributed by atoms with van der Waals surface area (Å²) in [6, 6.07) is 6.49. The van der Waals surface area contributed by atoms with E-state index in [-0.39, 0.29) is 24.3 Å². The lowest BCUT2D eigenvalue weighted by molar-refractivity contribution is -0.147. The van der Waals surface area contributed by atoms with E-state index in [9.17, 15) is 35.9 Å². The molecular formula is C27H22F6N4O4S. The summed E-state index contributed by atoms with van der Waals surface area (Å²) in [6.45, 7) is 2.25. The lowest BCUT2D eigenvalue weighted by Crippen LogP contribution is -2.46. The highest BCUT2D eigenvalue weighted by atomic mass is 32.2. The number of ether oxygens (including phenoxy) is 2. The number of carbonyl (C=O) groups is 2. The molecule has 5 rings (SSSR count). The van der Waals surface area contributed by atoms with E-state index in [1.807, 2.05) is 4.90 Å². The van der Waals surface area contributed by atoms with Crippen molar-refractivity contribution in [1.29, 1.82) is 0 Å². The summed E-state index contributed by atoms with van der Waals surface area (Å²) in [5.41, 5.74) is -2.05. The summed E-state index contributed by atoms with van der Waals surface area (Å²) >= 11 is 1.18. The molecule has 42 heavy (non-hydrogen) atoms. The molecule has 3 heterocycles. The molecule has 3 aromatic rings. The molecule has 1 amide bonds. The van der Waals surface area contributed by atoms with Gasteiger partial charge in [-0.3, -0.25) is 14.3 Å². The van der Waals surface area contributed by atoms with Gasteiger partial charge in [-0.05, 0) is 53.2 Å². The van der Waals surface area contributed by atoms with E-state index in [4.69, 9.17) is 9.47 Å². The lowest BCUT2D eigenvalue weighted by Gasteiger charge is -2.33. The highest BCUT2D eigenvalue weighted by molar-refractivity contribution is 8.18. The number of rotatable bonds is 5. The van der Waals surface area contributed by atoms with E-state index in [2.05, 4.69) is 10.1 Å². The Morgan fingerprint density at radius 1 is 1.14 bits per heavy atom. The molecule has 0 saturated carbocycles. The number of aromatic nitrogens is 2. The average Bonchev–Trinajstić information content (AvgIpc) is 3.49. The van der Waals surface area contributed by atoms with Gasteiger partial charge in [-0.15, -0.1) is 0 Å². The van der Waals surface area contributed by atoms with Crippen LogP contribution in [0.2, 0.25) is 0 Å². The SMILES string of the molecule is CC(=O)OC[C@@H]1CN(C2=NC(=O)/C(=C\c3ccc4c(cnn4Cc4ccc(C(F)(F)F)cc4C(F)(F)F)c3)S2)CCO1. The number of amides is 1. The second-order valence-electron chi connectivity index (χ2n) is 9.54. The standard InChI is InChI=1S/C27H22F6N4O4S/c1-15(38)41-14-20-13-36(6-7-40-20)25-35-24(39)23(42-25)9-16-2-5-22-18(8-16)11-34-37(22)12-17-3-4-19(26(28,29)30)10-21(17)27(31,32)33/h2-5,8-11,20H,6-7,12-14H2,1H3/b23-9+/t20-/m0/s1. The maximum atomic E-state index is 13.6. The summed E-state index contributed by atoms with van der Waals surface area (Å²) in [6.07, 6.45) is -7.20. The van der Waals surface area contributed by atoms with Crippen molar-refractivity contribution in [3.63, 3.8) is 0 Å². The Morgan fingerprint density at radius 2 is 1.93 bits per heavy atom. The third kappa shape index (κ3) is 6.62. The lowest BCUT2D eigenvalue weighted by atomic mass is 10.0. The average molecular weight is 613 g/mol. The zero-order chi connectivity index (χ0) is 30.2. The highest BCUT2D eigenvalue weighted by Crippen LogP contribution is 2.38. The molecule has 0 spiro atoms. The third-order valence-electron chi connectivity index (χ3n) is 6.52. The van der Waals surface area contributed by atoms with Crippen LogP contribution in [-0.2, 0) is 38.0 Å². The molecule has 15 heteroatoms. The minimum absolute atomic E-state index is 0.0878. The molecule has 1 atom stereocenters. The molecule has 0 unspecified atom stereocenters. The number of hydrogen-bond acceptors (Lipinski definition) is 7. The van der Waals surface area contributed by atoms with Crippen molar-refractivity contribution < 1.29 is 45.4 Å². The second kappa shape index (κ2) is 11.4. The van der Waals surface area contributed by atoms with Gasteiger partial charge < -0.3 is 14.4 Å². The minimum Gasteiger partial charge on any atom is -0.463 e. The van der Waals surface area contributed by atoms with Crippen LogP contribution in [0.25, 0.3) is 17.0 Å². The number of benzene rings is 2. The van der Waals surface area contributed by atoms with Crippen LogP contribution in [0.3, 0.4) is 0 Å². The van der Waals surface area contributed by atoms with Gasteiger partial charge in [0.25, 0.3) is 5.91 Å². The molecule has 8 nitrogen and oxygen atoms in total. The van der Waals surface area contributed by atoms with E-state index in [1.165, 1.54) is 29.6 Å². The van der Waals surface area contributed by atoms with Gasteiger partial charge in [-0.1, -0.05) is 12.1 Å². The number of aliphatic imine (C=N–C) groups is 1. The molecule has 1 fully saturated rings. The van der Waals surface area contributed by atoms with Gasteiger partial charge in [0.15, 0.2) is 5.17 Å². The van der Waals surface area contributed by atoms with Gasteiger partial charge in [0, 0.05) is 25.4 Å². The van der Waals surface area contributed by atoms with Crippen LogP contribution in [0, 0.1) is 0 Å². The number of nitrogens with zero attached hydrogens (tertiary/aromatic N) is 4. The predicted octanol–water partition coefficient (Wildman–Crippen LogP) is 5.36. The molecule has 0 radical (unpaired) electrons. The van der Waals surface area contributed by atoms with Gasteiger partial charge in [-0.25, -0.2) is 0 Å². The van der Waals surface area contributed by atoms with Gasteiger partial charge in [0.05, 0.1) is 40.9 Å². The first-order valence-corrected chi connectivity index (χ1v) is 13.3. The number of thioether (sulfide) groups is 1. The van der Waals surface area contributed by atoms with Crippen LogP contribution < -0.4 is 0 Å². The second-order valence-corrected chi connectivity index (χ2v) is 10.5. The molecule has 2 aliphatic heterocycles. The van der Waals surface area contributed by atoms with Crippen LogP contribution >= 0.6 is 11.8 Å². The maximum absolute atomic E-state index is 13.6. The Labute approximate surface area is 239 Å². The van der Waals surface area contributed by atoms with E-state index >= 15 is 0 Å². The number of esters is 1. The smallest absolute Gasteiger partial charge is 0.416 e. The number of morpholine rings is 1. The van der Waals surface area contributed by atoms with Crippen molar-refractivity contribution in [2.45, 2.75) is 31.9 Å². The summed E-state index contributed by atoms with van der Waals surface area (Å²) in [5.74, 6) is -0.854. The fourth-order valence-electron chi connectivity index (χ4n) is 4.53. The number of amidine groups is 1. The first kappa shape index (κ1) is 29.6. The normalized spacial score (nSPS) is 19.1. The summed E-state index contributed by atoms with van der Waals surface area (Å²) in [5, 5.41) is 5.19. The fraction of sp³-hybridized carbons (Fsp3) is 0.333. The van der Waals surface area contributed by atoms with Crippen LogP contribution in [0.4, 0.5) is 26.3 Å². The minimum atomic E-state index is -4.99.